The van der Waals surface area contributed by atoms with Crippen LogP contribution in [0.15, 0.2) is 36.5 Å². The quantitative estimate of drug-likeness (QED) is 0.792. The van der Waals surface area contributed by atoms with Crippen molar-refractivity contribution in [3.8, 4) is 0 Å². The molecule has 78 valence electrons. The maximum atomic E-state index is 6.06. The average molecular weight is 201 g/mol. The van der Waals surface area contributed by atoms with Crippen LogP contribution in [0.25, 0.3) is 10.9 Å². The number of nitrogens with two attached hydrogens (primary N) is 2. The third kappa shape index (κ3) is 1.98. The first-order chi connectivity index (χ1) is 7.33. The second-order valence-corrected chi connectivity index (χ2v) is 3.60. The predicted octanol–water partition coefficient (Wildman–Crippen LogP) is 1.58. The first kappa shape index (κ1) is 10.1. The Bertz CT molecular complexity index is 448. The first-order valence-electron chi connectivity index (χ1n) is 5.12. The minimum absolute atomic E-state index is 0.00269. The van der Waals surface area contributed by atoms with Gasteiger partial charge in [0, 0.05) is 17.6 Å². The van der Waals surface area contributed by atoms with Crippen molar-refractivity contribution in [3.05, 3.63) is 42.1 Å². The molecule has 15 heavy (non-hydrogen) atoms. The molecule has 2 rings (SSSR count). The molecule has 0 saturated carbocycles. The molecule has 0 spiro atoms. The highest BCUT2D eigenvalue weighted by atomic mass is 14.7. The van der Waals surface area contributed by atoms with Gasteiger partial charge in [-0.2, -0.15) is 0 Å². The zero-order valence-corrected chi connectivity index (χ0v) is 8.56. The van der Waals surface area contributed by atoms with Crippen LogP contribution in [0.4, 0.5) is 0 Å². The van der Waals surface area contributed by atoms with Gasteiger partial charge in [-0.25, -0.2) is 0 Å². The van der Waals surface area contributed by atoms with Crippen LogP contribution in [-0.4, -0.2) is 11.5 Å². The lowest BCUT2D eigenvalue weighted by Gasteiger charge is -2.12. The fourth-order valence-electron chi connectivity index (χ4n) is 1.78. The highest BCUT2D eigenvalue weighted by molar-refractivity contribution is 5.82. The highest BCUT2D eigenvalue weighted by Gasteiger charge is 2.08. The van der Waals surface area contributed by atoms with E-state index in [2.05, 4.69) is 4.98 Å². The summed E-state index contributed by atoms with van der Waals surface area (Å²) < 4.78 is 0. The van der Waals surface area contributed by atoms with Gasteiger partial charge in [0.05, 0.1) is 5.52 Å². The van der Waals surface area contributed by atoms with E-state index in [0.29, 0.717) is 6.54 Å². The zero-order chi connectivity index (χ0) is 10.7. The summed E-state index contributed by atoms with van der Waals surface area (Å²) in [7, 11) is 0. The summed E-state index contributed by atoms with van der Waals surface area (Å²) >= 11 is 0. The minimum Gasteiger partial charge on any atom is -0.330 e. The lowest BCUT2D eigenvalue weighted by atomic mass is 10.0. The third-order valence-corrected chi connectivity index (χ3v) is 2.56. The molecule has 3 heteroatoms. The highest BCUT2D eigenvalue weighted by Crippen LogP contribution is 2.22. The Labute approximate surface area is 89.1 Å². The van der Waals surface area contributed by atoms with E-state index in [1.54, 1.807) is 6.20 Å². The molecular weight excluding hydrogens is 186 g/mol. The molecule has 1 atom stereocenters. The molecule has 3 nitrogen and oxygen atoms in total. The number of fused-ring (bicyclic) bond motifs is 1. The summed E-state index contributed by atoms with van der Waals surface area (Å²) in [6.07, 6.45) is 2.60. The summed E-state index contributed by atoms with van der Waals surface area (Å²) in [5.74, 6) is 0. The van der Waals surface area contributed by atoms with E-state index in [1.165, 1.54) is 0 Å². The number of para-hydroxylation sites is 1. The first-order valence-corrected chi connectivity index (χ1v) is 5.12. The Kier molecular flexibility index (Phi) is 2.94. The van der Waals surface area contributed by atoms with E-state index >= 15 is 0 Å². The monoisotopic (exact) mass is 201 g/mol. The topological polar surface area (TPSA) is 64.9 Å². The van der Waals surface area contributed by atoms with Gasteiger partial charge in [-0.05, 0) is 30.7 Å². The van der Waals surface area contributed by atoms with Crippen molar-refractivity contribution < 1.29 is 0 Å². The Balaban J connectivity index is 2.50. The van der Waals surface area contributed by atoms with Gasteiger partial charge in [0.15, 0.2) is 0 Å². The molecular formula is C12H15N3. The van der Waals surface area contributed by atoms with Crippen molar-refractivity contribution in [2.45, 2.75) is 12.5 Å². The molecule has 0 radical (unpaired) electrons. The van der Waals surface area contributed by atoms with Crippen molar-refractivity contribution in [1.29, 1.82) is 0 Å². The molecule has 1 heterocycles. The second kappa shape index (κ2) is 4.38. The predicted molar refractivity (Wildman–Crippen MR) is 62.3 cm³/mol. The minimum atomic E-state index is 0.00269. The number of pyridine rings is 1. The van der Waals surface area contributed by atoms with Gasteiger partial charge in [0.1, 0.15) is 0 Å². The third-order valence-electron chi connectivity index (χ3n) is 2.56. The molecule has 0 amide bonds. The number of hydrogen-bond acceptors (Lipinski definition) is 3. The molecule has 0 fully saturated rings. The van der Waals surface area contributed by atoms with Gasteiger partial charge in [0.2, 0.25) is 0 Å². The molecule has 0 aliphatic heterocycles. The van der Waals surface area contributed by atoms with Crippen molar-refractivity contribution in [1.82, 2.24) is 4.98 Å². The normalized spacial score (nSPS) is 12.9. The van der Waals surface area contributed by atoms with Crippen LogP contribution in [-0.2, 0) is 0 Å². The van der Waals surface area contributed by atoms with E-state index in [4.69, 9.17) is 11.5 Å². The molecule has 0 aliphatic rings. The van der Waals surface area contributed by atoms with Crippen molar-refractivity contribution in [2.75, 3.05) is 6.54 Å². The largest absolute Gasteiger partial charge is 0.330 e. The van der Waals surface area contributed by atoms with Crippen LogP contribution in [0.3, 0.4) is 0 Å². The fourth-order valence-corrected chi connectivity index (χ4v) is 1.78. The van der Waals surface area contributed by atoms with Crippen LogP contribution in [0.2, 0.25) is 0 Å². The fraction of sp³-hybridized carbons (Fsp3) is 0.250. The van der Waals surface area contributed by atoms with Crippen molar-refractivity contribution in [3.63, 3.8) is 0 Å². The lowest BCUT2D eigenvalue weighted by molar-refractivity contribution is 0.665. The van der Waals surface area contributed by atoms with Gasteiger partial charge < -0.3 is 11.5 Å². The lowest BCUT2D eigenvalue weighted by Crippen LogP contribution is -2.15. The van der Waals surface area contributed by atoms with E-state index in [0.717, 1.165) is 22.9 Å². The molecule has 0 saturated heterocycles. The summed E-state index contributed by atoms with van der Waals surface area (Å²) in [5, 5.41) is 1.13. The van der Waals surface area contributed by atoms with Gasteiger partial charge in [-0.3, -0.25) is 4.98 Å². The second-order valence-electron chi connectivity index (χ2n) is 3.60. The van der Waals surface area contributed by atoms with Crippen molar-refractivity contribution in [2.24, 2.45) is 11.5 Å². The van der Waals surface area contributed by atoms with Crippen LogP contribution in [0.5, 0.6) is 0 Å². The van der Waals surface area contributed by atoms with Crippen LogP contribution < -0.4 is 11.5 Å². The van der Waals surface area contributed by atoms with Gasteiger partial charge >= 0.3 is 0 Å². The van der Waals surface area contributed by atoms with Gasteiger partial charge in [-0.15, -0.1) is 0 Å². The van der Waals surface area contributed by atoms with E-state index in [1.807, 2.05) is 30.3 Å². The summed E-state index contributed by atoms with van der Waals surface area (Å²) in [6.45, 7) is 0.609. The molecule has 4 N–H and O–H groups in total. The summed E-state index contributed by atoms with van der Waals surface area (Å²) in [4.78, 5) is 4.30. The zero-order valence-electron chi connectivity index (χ0n) is 8.56. The van der Waals surface area contributed by atoms with Crippen LogP contribution >= 0.6 is 0 Å². The standard InChI is InChI=1S/C12H15N3/c13-7-5-11(14)9-6-8-15-12-4-2-1-3-10(9)12/h1-4,6,8,11H,5,7,13-14H2/t11-/m0/s1. The Hall–Kier alpha value is -1.45. The van der Waals surface area contributed by atoms with E-state index in [-0.39, 0.29) is 6.04 Å². The van der Waals surface area contributed by atoms with Gasteiger partial charge in [0.25, 0.3) is 0 Å². The molecule has 1 aromatic heterocycles. The average Bonchev–Trinajstić information content (AvgIpc) is 2.28. The molecule has 0 aliphatic carbocycles. The maximum absolute atomic E-state index is 6.06. The number of aromatic nitrogens is 1. The Morgan fingerprint density at radius 3 is 2.80 bits per heavy atom. The molecule has 2 aromatic rings. The van der Waals surface area contributed by atoms with E-state index < -0.39 is 0 Å². The maximum Gasteiger partial charge on any atom is 0.0705 e. The van der Waals surface area contributed by atoms with E-state index in [9.17, 15) is 0 Å². The molecule has 0 bridgehead atoms. The number of rotatable bonds is 3. The number of hydrogen-bond donors (Lipinski definition) is 2. The SMILES string of the molecule is NCC[C@H](N)c1ccnc2ccccc12. The molecule has 1 aromatic carbocycles. The number of nitrogens with zero attached hydrogens (tertiary/aromatic N) is 1. The van der Waals surface area contributed by atoms with Gasteiger partial charge in [-0.1, -0.05) is 18.2 Å². The van der Waals surface area contributed by atoms with Crippen LogP contribution in [0, 0.1) is 0 Å². The number of benzene rings is 1. The van der Waals surface area contributed by atoms with Crippen LogP contribution in [0.1, 0.15) is 18.0 Å². The summed E-state index contributed by atoms with van der Waals surface area (Å²) in [5.41, 5.74) is 13.7. The summed E-state index contributed by atoms with van der Waals surface area (Å²) in [6, 6.07) is 10.0. The molecule has 0 unspecified atom stereocenters. The smallest absolute Gasteiger partial charge is 0.0705 e. The Morgan fingerprint density at radius 1 is 1.20 bits per heavy atom. The van der Waals surface area contributed by atoms with Crippen molar-refractivity contribution >= 4 is 10.9 Å². The Morgan fingerprint density at radius 2 is 2.00 bits per heavy atom.